The van der Waals surface area contributed by atoms with Gasteiger partial charge in [0.25, 0.3) is 0 Å². The van der Waals surface area contributed by atoms with Crippen LogP contribution in [-0.2, 0) is 19.0 Å². The minimum Gasteiger partial charge on any atom is -0.458 e. The monoisotopic (exact) mass is 420 g/mol. The van der Waals surface area contributed by atoms with E-state index in [4.69, 9.17) is 14.2 Å². The maximum Gasteiger partial charge on any atom is 0.331 e. The lowest BCUT2D eigenvalue weighted by atomic mass is 9.51. The molecule has 0 unspecified atom stereocenters. The van der Waals surface area contributed by atoms with E-state index >= 15 is 0 Å². The second-order valence-corrected chi connectivity index (χ2v) is 9.39. The van der Waals surface area contributed by atoms with Crippen molar-refractivity contribution in [2.24, 2.45) is 10.8 Å². The van der Waals surface area contributed by atoms with Gasteiger partial charge in [-0.15, -0.1) is 0 Å². The molecule has 2 saturated heterocycles. The van der Waals surface area contributed by atoms with Gasteiger partial charge in [0, 0.05) is 23.3 Å². The minimum absolute atomic E-state index is 0.0559. The fourth-order valence-electron chi connectivity index (χ4n) is 5.82. The van der Waals surface area contributed by atoms with E-state index in [1.54, 1.807) is 0 Å². The van der Waals surface area contributed by atoms with Crippen LogP contribution in [0.15, 0.2) is 36.0 Å². The molecule has 4 aliphatic rings. The van der Waals surface area contributed by atoms with E-state index in [9.17, 15) is 20.1 Å². The molecule has 166 valence electrons. The molecule has 2 heterocycles. The van der Waals surface area contributed by atoms with Crippen molar-refractivity contribution in [2.45, 2.75) is 76.2 Å². The Hall–Kier alpha value is -1.51. The molecule has 2 aliphatic heterocycles. The first-order chi connectivity index (χ1) is 14.2. The number of hydrogen-bond donors (Lipinski definition) is 3. The van der Waals surface area contributed by atoms with Gasteiger partial charge in [0.05, 0.1) is 37.6 Å². The van der Waals surface area contributed by atoms with Gasteiger partial charge in [0.15, 0.2) is 0 Å². The number of esters is 1. The van der Waals surface area contributed by atoms with Crippen LogP contribution in [0.2, 0.25) is 0 Å². The number of allylic oxidation sites excluding steroid dienone is 3. The molecular weight excluding hydrogens is 388 g/mol. The molecular formula is C23H32O7. The van der Waals surface area contributed by atoms with Crippen molar-refractivity contribution >= 4 is 5.97 Å². The van der Waals surface area contributed by atoms with Gasteiger partial charge in [0.1, 0.15) is 11.7 Å². The Kier molecular flexibility index (Phi) is 5.48. The van der Waals surface area contributed by atoms with Gasteiger partial charge in [0.2, 0.25) is 0 Å². The van der Waals surface area contributed by atoms with Gasteiger partial charge in [-0.05, 0) is 26.7 Å². The Bertz CT molecular complexity index is 780. The largest absolute Gasteiger partial charge is 0.458 e. The molecule has 0 amide bonds. The van der Waals surface area contributed by atoms with Crippen LogP contribution in [0, 0.1) is 10.8 Å². The maximum atomic E-state index is 12.5. The van der Waals surface area contributed by atoms with E-state index in [2.05, 4.69) is 19.9 Å². The van der Waals surface area contributed by atoms with Gasteiger partial charge < -0.3 is 29.5 Å². The van der Waals surface area contributed by atoms with Crippen molar-refractivity contribution < 1.29 is 34.3 Å². The lowest BCUT2D eigenvalue weighted by Gasteiger charge is -2.58. The van der Waals surface area contributed by atoms with E-state index in [0.717, 1.165) is 12.8 Å². The third kappa shape index (κ3) is 3.02. The van der Waals surface area contributed by atoms with Gasteiger partial charge in [-0.1, -0.05) is 36.8 Å². The molecule has 30 heavy (non-hydrogen) atoms. The van der Waals surface area contributed by atoms with E-state index in [-0.39, 0.29) is 18.8 Å². The zero-order chi connectivity index (χ0) is 21.7. The molecule has 0 aromatic carbocycles. The summed E-state index contributed by atoms with van der Waals surface area (Å²) in [5, 5.41) is 29.4. The van der Waals surface area contributed by atoms with Crippen LogP contribution in [-0.4, -0.2) is 70.6 Å². The number of carbonyl (C=O) groups excluding carboxylic acids is 1. The molecule has 2 aliphatic carbocycles. The van der Waals surface area contributed by atoms with Crippen molar-refractivity contribution in [2.75, 3.05) is 13.2 Å². The fraction of sp³-hybridized carbons (Fsp3) is 0.696. The number of epoxide rings is 1. The standard InChI is InChI=1S/C23H32O7/c1-14-8-9-22(12-24)18(10-14)29-19-11-17(21(22,3)23(19)13-28-23)30-20(27)7-5-4-6-16(26)15(2)25/h4-7,10,15-19,24-26H,8-9,11-13H2,1-3H3/b6-4+,7-5+/t15-,16+,17+,18+,19+,21+,22+,23-/m0/s1. The van der Waals surface area contributed by atoms with E-state index in [1.165, 1.54) is 36.8 Å². The van der Waals surface area contributed by atoms with Crippen molar-refractivity contribution in [3.63, 3.8) is 0 Å². The highest BCUT2D eigenvalue weighted by Gasteiger charge is 2.82. The van der Waals surface area contributed by atoms with Crippen molar-refractivity contribution in [3.8, 4) is 0 Å². The van der Waals surface area contributed by atoms with Gasteiger partial charge in [-0.3, -0.25) is 0 Å². The summed E-state index contributed by atoms with van der Waals surface area (Å²) < 4.78 is 18.3. The number of ether oxygens (including phenoxy) is 3. The first-order valence-electron chi connectivity index (χ1n) is 10.7. The maximum absolute atomic E-state index is 12.5. The Morgan fingerprint density at radius 2 is 2.13 bits per heavy atom. The molecule has 7 nitrogen and oxygen atoms in total. The zero-order valence-corrected chi connectivity index (χ0v) is 17.8. The van der Waals surface area contributed by atoms with Crippen molar-refractivity contribution in [3.05, 3.63) is 36.0 Å². The molecule has 0 aromatic heterocycles. The molecule has 4 rings (SSSR count). The van der Waals surface area contributed by atoms with Crippen LogP contribution in [0.4, 0.5) is 0 Å². The fourth-order valence-corrected chi connectivity index (χ4v) is 5.82. The molecule has 0 radical (unpaired) electrons. The summed E-state index contributed by atoms with van der Waals surface area (Å²) in [6, 6.07) is 0. The van der Waals surface area contributed by atoms with Gasteiger partial charge in [-0.2, -0.15) is 0 Å². The summed E-state index contributed by atoms with van der Waals surface area (Å²) in [5.74, 6) is -0.493. The third-order valence-electron chi connectivity index (χ3n) is 7.90. The van der Waals surface area contributed by atoms with Crippen LogP contribution in [0.3, 0.4) is 0 Å². The topological polar surface area (TPSA) is 109 Å². The van der Waals surface area contributed by atoms with E-state index in [0.29, 0.717) is 13.0 Å². The Balaban J connectivity index is 1.55. The highest BCUT2D eigenvalue weighted by Crippen LogP contribution is 2.71. The van der Waals surface area contributed by atoms with E-state index in [1.807, 2.05) is 0 Å². The summed E-state index contributed by atoms with van der Waals surface area (Å²) >= 11 is 0. The Labute approximate surface area is 177 Å². The minimum atomic E-state index is -0.994. The number of carbonyl (C=O) groups is 1. The quantitative estimate of drug-likeness (QED) is 0.196. The highest BCUT2D eigenvalue weighted by molar-refractivity contribution is 5.82. The van der Waals surface area contributed by atoms with E-state index < -0.39 is 40.7 Å². The molecule has 3 fully saturated rings. The first kappa shape index (κ1) is 21.7. The summed E-state index contributed by atoms with van der Waals surface area (Å²) in [5.41, 5.74) is -0.378. The number of aliphatic hydroxyl groups excluding tert-OH is 3. The van der Waals surface area contributed by atoms with Crippen LogP contribution in [0.1, 0.15) is 40.0 Å². The number of fused-ring (bicyclic) bond motifs is 2. The van der Waals surface area contributed by atoms with Gasteiger partial charge in [-0.25, -0.2) is 4.79 Å². The predicted molar refractivity (Wildman–Crippen MR) is 108 cm³/mol. The van der Waals surface area contributed by atoms with Gasteiger partial charge >= 0.3 is 5.97 Å². The first-order valence-corrected chi connectivity index (χ1v) is 10.7. The lowest BCUT2D eigenvalue weighted by Crippen LogP contribution is -2.66. The smallest absolute Gasteiger partial charge is 0.331 e. The molecule has 8 atom stereocenters. The van der Waals surface area contributed by atoms with Crippen LogP contribution < -0.4 is 0 Å². The number of aliphatic hydroxyl groups is 3. The second kappa shape index (κ2) is 7.57. The third-order valence-corrected chi connectivity index (χ3v) is 7.90. The normalized spacial score (nSPS) is 44.2. The van der Waals surface area contributed by atoms with Crippen molar-refractivity contribution in [1.82, 2.24) is 0 Å². The highest BCUT2D eigenvalue weighted by atomic mass is 16.6. The summed E-state index contributed by atoms with van der Waals surface area (Å²) in [6.07, 6.45) is 7.27. The molecule has 0 aromatic rings. The lowest BCUT2D eigenvalue weighted by molar-refractivity contribution is -0.228. The SMILES string of the molecule is CC1=C[C@H]2O[C@@H]3C[C@@H](OC(=O)/C=C/C=C/[C@@H](O)[C@H](C)O)[C@](C)([C@@]2(CO)CC1)[C@]31CO1. The average Bonchev–Trinajstić information content (AvgIpc) is 3.48. The second-order valence-electron chi connectivity index (χ2n) is 9.39. The van der Waals surface area contributed by atoms with Crippen LogP contribution in [0.5, 0.6) is 0 Å². The van der Waals surface area contributed by atoms with Crippen molar-refractivity contribution in [1.29, 1.82) is 0 Å². The van der Waals surface area contributed by atoms with Crippen LogP contribution in [0.25, 0.3) is 0 Å². The Morgan fingerprint density at radius 3 is 2.77 bits per heavy atom. The molecule has 1 spiro atoms. The Morgan fingerprint density at radius 1 is 1.40 bits per heavy atom. The predicted octanol–water partition coefficient (Wildman–Crippen LogP) is 1.42. The zero-order valence-electron chi connectivity index (χ0n) is 17.8. The molecule has 3 N–H and O–H groups in total. The summed E-state index contributed by atoms with van der Waals surface area (Å²) in [4.78, 5) is 12.5. The molecule has 1 saturated carbocycles. The number of rotatable bonds is 6. The summed E-state index contributed by atoms with van der Waals surface area (Å²) in [6.45, 7) is 6.14. The van der Waals surface area contributed by atoms with Crippen LogP contribution >= 0.6 is 0 Å². The average molecular weight is 421 g/mol. The number of hydrogen-bond acceptors (Lipinski definition) is 7. The summed E-state index contributed by atoms with van der Waals surface area (Å²) in [7, 11) is 0. The molecule has 7 heteroatoms. The molecule has 2 bridgehead atoms.